The van der Waals surface area contributed by atoms with Crippen LogP contribution < -0.4 is 5.32 Å². The van der Waals surface area contributed by atoms with Crippen LogP contribution >= 0.6 is 34.5 Å². The van der Waals surface area contributed by atoms with E-state index >= 15 is 0 Å². The molecule has 0 spiro atoms. The highest BCUT2D eigenvalue weighted by Gasteiger charge is 2.17. The van der Waals surface area contributed by atoms with Crippen molar-refractivity contribution in [1.82, 2.24) is 5.32 Å². The number of benzene rings is 1. The summed E-state index contributed by atoms with van der Waals surface area (Å²) >= 11 is 14.1. The summed E-state index contributed by atoms with van der Waals surface area (Å²) in [4.78, 5) is 2.50. The van der Waals surface area contributed by atoms with Crippen molar-refractivity contribution < 1.29 is 0 Å². The fourth-order valence-electron chi connectivity index (χ4n) is 2.24. The van der Waals surface area contributed by atoms with E-state index in [-0.39, 0.29) is 0 Å². The number of halogens is 2. The van der Waals surface area contributed by atoms with Crippen molar-refractivity contribution in [2.45, 2.75) is 26.8 Å². The van der Waals surface area contributed by atoms with Gasteiger partial charge in [-0.25, -0.2) is 0 Å². The zero-order valence-corrected chi connectivity index (χ0v) is 14.2. The first-order valence-electron chi connectivity index (χ1n) is 6.81. The first-order valence-corrected chi connectivity index (χ1v) is 8.38. The summed E-state index contributed by atoms with van der Waals surface area (Å²) in [5, 5.41) is 5.00. The molecule has 108 valence electrons. The molecule has 1 heterocycles. The summed E-state index contributed by atoms with van der Waals surface area (Å²) in [6.45, 7) is 7.57. The normalized spacial score (nSPS) is 12.9. The molecular formula is C16H19Cl2NS. The molecule has 0 aliphatic rings. The van der Waals surface area contributed by atoms with E-state index < -0.39 is 0 Å². The minimum atomic E-state index is 0.386. The van der Waals surface area contributed by atoms with Gasteiger partial charge in [-0.05, 0) is 42.8 Å². The van der Waals surface area contributed by atoms with Gasteiger partial charge in [-0.3, -0.25) is 0 Å². The molecule has 1 N–H and O–H groups in total. The minimum Gasteiger partial charge on any atom is -0.309 e. The predicted molar refractivity (Wildman–Crippen MR) is 91.0 cm³/mol. The summed E-state index contributed by atoms with van der Waals surface area (Å²) in [6, 6.07) is 10.3. The minimum absolute atomic E-state index is 0.386. The molecule has 2 rings (SSSR count). The molecule has 2 aromatic rings. The van der Waals surface area contributed by atoms with Crippen molar-refractivity contribution >= 4 is 34.5 Å². The van der Waals surface area contributed by atoms with Gasteiger partial charge in [0.05, 0.1) is 0 Å². The van der Waals surface area contributed by atoms with E-state index in [1.54, 1.807) is 11.3 Å². The first-order chi connectivity index (χ1) is 9.52. The van der Waals surface area contributed by atoms with Gasteiger partial charge < -0.3 is 5.32 Å². The smallest absolute Gasteiger partial charge is 0.0493 e. The molecule has 0 saturated carbocycles. The third-order valence-electron chi connectivity index (χ3n) is 3.22. The maximum absolute atomic E-state index is 6.28. The summed E-state index contributed by atoms with van der Waals surface area (Å²) in [7, 11) is 0. The Morgan fingerprint density at radius 1 is 1.15 bits per heavy atom. The largest absolute Gasteiger partial charge is 0.309 e. The van der Waals surface area contributed by atoms with Gasteiger partial charge in [0.1, 0.15) is 0 Å². The summed E-state index contributed by atoms with van der Waals surface area (Å²) in [5.41, 5.74) is 1.01. The molecule has 1 unspecified atom stereocenters. The van der Waals surface area contributed by atoms with Crippen LogP contribution in [0, 0.1) is 5.92 Å². The molecule has 1 aromatic heterocycles. The molecule has 4 heteroatoms. The lowest BCUT2D eigenvalue weighted by Crippen LogP contribution is -2.24. The number of hydrogen-bond acceptors (Lipinski definition) is 2. The van der Waals surface area contributed by atoms with Crippen molar-refractivity contribution in [3.05, 3.63) is 45.3 Å². The van der Waals surface area contributed by atoms with Crippen molar-refractivity contribution in [1.29, 1.82) is 0 Å². The number of nitrogens with one attached hydrogen (secondary N) is 1. The molecule has 1 aromatic carbocycles. The fourth-order valence-corrected chi connectivity index (χ4v) is 3.97. The van der Waals surface area contributed by atoms with Gasteiger partial charge >= 0.3 is 0 Å². The van der Waals surface area contributed by atoms with Crippen LogP contribution in [-0.2, 0) is 0 Å². The van der Waals surface area contributed by atoms with E-state index in [1.807, 2.05) is 18.2 Å². The van der Waals surface area contributed by atoms with Crippen LogP contribution in [0.2, 0.25) is 10.0 Å². The molecule has 0 radical (unpaired) electrons. The van der Waals surface area contributed by atoms with Gasteiger partial charge in [-0.15, -0.1) is 11.3 Å². The van der Waals surface area contributed by atoms with E-state index in [0.717, 1.165) is 22.0 Å². The predicted octanol–water partition coefficient (Wildman–Crippen LogP) is 6.03. The van der Waals surface area contributed by atoms with Crippen LogP contribution in [0.15, 0.2) is 30.3 Å². The van der Waals surface area contributed by atoms with Crippen LogP contribution in [0.4, 0.5) is 0 Å². The highest BCUT2D eigenvalue weighted by Crippen LogP contribution is 2.38. The third kappa shape index (κ3) is 3.56. The van der Waals surface area contributed by atoms with E-state index in [9.17, 15) is 0 Å². The lowest BCUT2D eigenvalue weighted by Gasteiger charge is -2.20. The van der Waals surface area contributed by atoms with Crippen LogP contribution in [-0.4, -0.2) is 6.54 Å². The SMILES string of the molecule is CCNC(c1ccc(-c2cc(Cl)ccc2Cl)s1)C(C)C. The van der Waals surface area contributed by atoms with Crippen LogP contribution in [0.1, 0.15) is 31.7 Å². The zero-order valence-electron chi connectivity index (χ0n) is 11.9. The topological polar surface area (TPSA) is 12.0 Å². The quantitative estimate of drug-likeness (QED) is 0.707. The standard InChI is InChI=1S/C16H19Cl2NS/c1-4-19-16(10(2)3)15-8-7-14(20-15)12-9-11(17)5-6-13(12)18/h5-10,16,19H,4H2,1-3H3. The maximum Gasteiger partial charge on any atom is 0.0493 e. The highest BCUT2D eigenvalue weighted by molar-refractivity contribution is 7.15. The van der Waals surface area contributed by atoms with E-state index in [4.69, 9.17) is 23.2 Å². The lowest BCUT2D eigenvalue weighted by atomic mass is 10.0. The zero-order chi connectivity index (χ0) is 14.7. The number of hydrogen-bond donors (Lipinski definition) is 1. The van der Waals surface area contributed by atoms with Gasteiger partial charge in [-0.1, -0.05) is 44.0 Å². The Balaban J connectivity index is 2.34. The highest BCUT2D eigenvalue weighted by atomic mass is 35.5. The monoisotopic (exact) mass is 327 g/mol. The van der Waals surface area contributed by atoms with E-state index in [2.05, 4.69) is 38.2 Å². The Morgan fingerprint density at radius 3 is 2.55 bits per heavy atom. The molecule has 1 atom stereocenters. The van der Waals surface area contributed by atoms with Gasteiger partial charge in [0, 0.05) is 31.4 Å². The van der Waals surface area contributed by atoms with Crippen LogP contribution in [0.3, 0.4) is 0 Å². The molecule has 1 nitrogen and oxygen atoms in total. The van der Waals surface area contributed by atoms with Crippen molar-refractivity contribution in [2.24, 2.45) is 5.92 Å². The molecule has 0 saturated heterocycles. The maximum atomic E-state index is 6.28. The van der Waals surface area contributed by atoms with Gasteiger partial charge in [0.15, 0.2) is 0 Å². The fraction of sp³-hybridized carbons (Fsp3) is 0.375. The Kier molecular flexibility index (Phi) is 5.50. The molecule has 0 amide bonds. The summed E-state index contributed by atoms with van der Waals surface area (Å²) < 4.78 is 0. The molecule has 0 aliphatic carbocycles. The first kappa shape index (κ1) is 15.8. The van der Waals surface area contributed by atoms with Crippen LogP contribution in [0.25, 0.3) is 10.4 Å². The van der Waals surface area contributed by atoms with E-state index in [1.165, 1.54) is 4.88 Å². The average Bonchev–Trinajstić information content (AvgIpc) is 2.87. The van der Waals surface area contributed by atoms with Gasteiger partial charge in [-0.2, -0.15) is 0 Å². The molecule has 0 aliphatic heterocycles. The third-order valence-corrected chi connectivity index (χ3v) is 4.98. The van der Waals surface area contributed by atoms with Gasteiger partial charge in [0.2, 0.25) is 0 Å². The van der Waals surface area contributed by atoms with Crippen molar-refractivity contribution in [3.8, 4) is 10.4 Å². The molecule has 0 bridgehead atoms. The summed E-state index contributed by atoms with van der Waals surface area (Å²) in [6.07, 6.45) is 0. The Labute approximate surface area is 134 Å². The molecule has 20 heavy (non-hydrogen) atoms. The molecule has 0 fully saturated rings. The Bertz CT molecular complexity index is 578. The van der Waals surface area contributed by atoms with E-state index in [0.29, 0.717) is 17.0 Å². The Morgan fingerprint density at radius 2 is 1.90 bits per heavy atom. The second kappa shape index (κ2) is 6.95. The second-order valence-corrected chi connectivity index (χ2v) is 7.06. The average molecular weight is 328 g/mol. The molecular weight excluding hydrogens is 309 g/mol. The van der Waals surface area contributed by atoms with Gasteiger partial charge in [0.25, 0.3) is 0 Å². The van der Waals surface area contributed by atoms with Crippen molar-refractivity contribution in [3.63, 3.8) is 0 Å². The second-order valence-electron chi connectivity index (χ2n) is 5.11. The Hall–Kier alpha value is -0.540. The number of thiophene rings is 1. The van der Waals surface area contributed by atoms with Crippen LogP contribution in [0.5, 0.6) is 0 Å². The van der Waals surface area contributed by atoms with Crippen molar-refractivity contribution in [2.75, 3.05) is 6.54 Å². The number of rotatable bonds is 5. The lowest BCUT2D eigenvalue weighted by molar-refractivity contribution is 0.428. The summed E-state index contributed by atoms with van der Waals surface area (Å²) in [5.74, 6) is 0.552.